The number of rotatable bonds is 6. The molecule has 1 aromatic heterocycles. The summed E-state index contributed by atoms with van der Waals surface area (Å²) in [4.78, 5) is 4.04. The maximum atomic E-state index is 12.0. The van der Waals surface area contributed by atoms with Crippen LogP contribution in [0.15, 0.2) is 43.0 Å². The van der Waals surface area contributed by atoms with Gasteiger partial charge in [-0.2, -0.15) is 0 Å². The summed E-state index contributed by atoms with van der Waals surface area (Å²) in [6, 6.07) is 8.49. The molecule has 0 amide bonds. The summed E-state index contributed by atoms with van der Waals surface area (Å²) in [5.41, 5.74) is 2.28. The molecule has 2 rings (SSSR count). The Morgan fingerprint density at radius 1 is 1.44 bits per heavy atom. The first-order chi connectivity index (χ1) is 8.81. The number of aromatic nitrogens is 2. The van der Waals surface area contributed by atoms with Crippen LogP contribution in [0.5, 0.6) is 0 Å². The highest BCUT2D eigenvalue weighted by molar-refractivity contribution is 5.36. The quantitative estimate of drug-likeness (QED) is 0.795. The predicted molar refractivity (Wildman–Crippen MR) is 70.6 cm³/mol. The van der Waals surface area contributed by atoms with Crippen molar-refractivity contribution >= 4 is 0 Å². The molecule has 4 heteroatoms. The van der Waals surface area contributed by atoms with Crippen LogP contribution < -0.4 is 5.32 Å². The lowest BCUT2D eigenvalue weighted by atomic mass is 10.1. The van der Waals surface area contributed by atoms with Gasteiger partial charge in [0.1, 0.15) is 0 Å². The smallest absolute Gasteiger partial charge is 0.0991 e. The van der Waals surface area contributed by atoms with Crippen molar-refractivity contribution in [2.24, 2.45) is 0 Å². The molecule has 96 valence electrons. The molecule has 1 aromatic carbocycles. The van der Waals surface area contributed by atoms with Gasteiger partial charge in [0.05, 0.1) is 13.0 Å². The number of alkyl halides is 1. The summed E-state index contributed by atoms with van der Waals surface area (Å²) in [6.07, 6.45) is 6.02. The maximum Gasteiger partial charge on any atom is 0.0991 e. The molecule has 0 spiro atoms. The molecule has 1 unspecified atom stereocenters. The zero-order valence-corrected chi connectivity index (χ0v) is 10.5. The summed E-state index contributed by atoms with van der Waals surface area (Å²) in [5.74, 6) is 0. The Morgan fingerprint density at radius 2 is 2.33 bits per heavy atom. The van der Waals surface area contributed by atoms with Crippen molar-refractivity contribution in [1.29, 1.82) is 0 Å². The molecule has 1 heterocycles. The third kappa shape index (κ3) is 3.17. The molecule has 0 saturated heterocycles. The Labute approximate surface area is 107 Å². The minimum atomic E-state index is -0.269. The zero-order valence-electron chi connectivity index (χ0n) is 10.5. The maximum absolute atomic E-state index is 12.0. The first-order valence-electron chi connectivity index (χ1n) is 6.19. The first-order valence-corrected chi connectivity index (χ1v) is 6.19. The van der Waals surface area contributed by atoms with Gasteiger partial charge in [0.25, 0.3) is 0 Å². The predicted octanol–water partition coefficient (Wildman–Crippen LogP) is 2.88. The van der Waals surface area contributed by atoms with Crippen molar-refractivity contribution in [2.45, 2.75) is 19.4 Å². The SMILES string of the molecule is CC(NCCCF)c1cccc(-n2ccnc2)c1. The molecular formula is C14H18FN3. The van der Waals surface area contributed by atoms with Gasteiger partial charge in [0.2, 0.25) is 0 Å². The van der Waals surface area contributed by atoms with Crippen molar-refractivity contribution in [3.63, 3.8) is 0 Å². The molecule has 0 saturated carbocycles. The van der Waals surface area contributed by atoms with E-state index in [9.17, 15) is 4.39 Å². The van der Waals surface area contributed by atoms with Crippen LogP contribution in [0.3, 0.4) is 0 Å². The second-order valence-corrected chi connectivity index (χ2v) is 4.28. The van der Waals surface area contributed by atoms with Crippen molar-refractivity contribution in [3.8, 4) is 5.69 Å². The summed E-state index contributed by atoms with van der Waals surface area (Å²) < 4.78 is 14.0. The average molecular weight is 247 g/mol. The molecule has 0 bridgehead atoms. The molecule has 0 aliphatic rings. The lowest BCUT2D eigenvalue weighted by Crippen LogP contribution is -2.20. The minimum Gasteiger partial charge on any atom is -0.310 e. The van der Waals surface area contributed by atoms with Crippen LogP contribution in [0.2, 0.25) is 0 Å². The Hall–Kier alpha value is -1.68. The molecule has 0 aliphatic carbocycles. The van der Waals surface area contributed by atoms with E-state index in [1.807, 2.05) is 22.9 Å². The molecule has 1 N–H and O–H groups in total. The van der Waals surface area contributed by atoms with E-state index in [1.54, 1.807) is 12.5 Å². The summed E-state index contributed by atoms with van der Waals surface area (Å²) >= 11 is 0. The standard InChI is InChI=1S/C14H18FN3/c1-12(17-7-3-6-15)13-4-2-5-14(10-13)18-9-8-16-11-18/h2,4-5,8-12,17H,3,6-7H2,1H3. The third-order valence-corrected chi connectivity index (χ3v) is 2.93. The van der Waals surface area contributed by atoms with Gasteiger partial charge >= 0.3 is 0 Å². The van der Waals surface area contributed by atoms with E-state index in [-0.39, 0.29) is 12.7 Å². The second-order valence-electron chi connectivity index (χ2n) is 4.28. The summed E-state index contributed by atoms with van der Waals surface area (Å²) in [6.45, 7) is 2.52. The summed E-state index contributed by atoms with van der Waals surface area (Å²) in [7, 11) is 0. The van der Waals surface area contributed by atoms with Crippen LogP contribution in [0.25, 0.3) is 5.69 Å². The van der Waals surface area contributed by atoms with E-state index in [0.717, 1.165) is 5.69 Å². The normalized spacial score (nSPS) is 12.6. The lowest BCUT2D eigenvalue weighted by molar-refractivity contribution is 0.446. The Balaban J connectivity index is 2.07. The van der Waals surface area contributed by atoms with Gasteiger partial charge in [-0.25, -0.2) is 4.98 Å². The Bertz CT molecular complexity index is 468. The van der Waals surface area contributed by atoms with Crippen LogP contribution in [-0.4, -0.2) is 22.8 Å². The van der Waals surface area contributed by atoms with Crippen molar-refractivity contribution in [2.75, 3.05) is 13.2 Å². The number of nitrogens with one attached hydrogen (secondary N) is 1. The highest BCUT2D eigenvalue weighted by Crippen LogP contribution is 2.16. The fourth-order valence-corrected chi connectivity index (χ4v) is 1.87. The molecule has 1 atom stereocenters. The van der Waals surface area contributed by atoms with Gasteiger partial charge in [-0.05, 0) is 37.6 Å². The van der Waals surface area contributed by atoms with Gasteiger partial charge in [-0.1, -0.05) is 12.1 Å². The average Bonchev–Trinajstić information content (AvgIpc) is 2.93. The Kier molecular flexibility index (Phi) is 4.47. The molecule has 0 fully saturated rings. The number of nitrogens with zero attached hydrogens (tertiary/aromatic N) is 2. The molecule has 0 aliphatic heterocycles. The van der Waals surface area contributed by atoms with Crippen molar-refractivity contribution < 1.29 is 4.39 Å². The van der Waals surface area contributed by atoms with Crippen LogP contribution >= 0.6 is 0 Å². The van der Waals surface area contributed by atoms with Crippen molar-refractivity contribution in [3.05, 3.63) is 48.5 Å². The molecular weight excluding hydrogens is 229 g/mol. The Morgan fingerprint density at radius 3 is 3.06 bits per heavy atom. The third-order valence-electron chi connectivity index (χ3n) is 2.93. The number of hydrogen-bond donors (Lipinski definition) is 1. The van der Waals surface area contributed by atoms with E-state index < -0.39 is 0 Å². The topological polar surface area (TPSA) is 29.9 Å². The monoisotopic (exact) mass is 247 g/mol. The summed E-state index contributed by atoms with van der Waals surface area (Å²) in [5, 5.41) is 3.31. The minimum absolute atomic E-state index is 0.222. The van der Waals surface area contributed by atoms with E-state index in [1.165, 1.54) is 5.56 Å². The number of benzene rings is 1. The fourth-order valence-electron chi connectivity index (χ4n) is 1.87. The first kappa shape index (κ1) is 12.8. The van der Waals surface area contributed by atoms with E-state index in [2.05, 4.69) is 29.4 Å². The van der Waals surface area contributed by atoms with Crippen LogP contribution in [0, 0.1) is 0 Å². The van der Waals surface area contributed by atoms with E-state index >= 15 is 0 Å². The highest BCUT2D eigenvalue weighted by Gasteiger charge is 2.05. The van der Waals surface area contributed by atoms with Gasteiger partial charge in [0.15, 0.2) is 0 Å². The molecule has 2 aromatic rings. The van der Waals surface area contributed by atoms with Gasteiger partial charge in [-0.3, -0.25) is 4.39 Å². The van der Waals surface area contributed by atoms with Gasteiger partial charge in [-0.15, -0.1) is 0 Å². The number of hydrogen-bond acceptors (Lipinski definition) is 2. The highest BCUT2D eigenvalue weighted by atomic mass is 19.1. The van der Waals surface area contributed by atoms with Gasteiger partial charge < -0.3 is 9.88 Å². The van der Waals surface area contributed by atoms with E-state index in [4.69, 9.17) is 0 Å². The van der Waals surface area contributed by atoms with Crippen LogP contribution in [-0.2, 0) is 0 Å². The number of imidazole rings is 1. The molecule has 0 radical (unpaired) electrons. The molecule has 3 nitrogen and oxygen atoms in total. The lowest BCUT2D eigenvalue weighted by Gasteiger charge is -2.15. The van der Waals surface area contributed by atoms with Crippen LogP contribution in [0.1, 0.15) is 24.9 Å². The second kappa shape index (κ2) is 6.31. The number of halogens is 1. The largest absolute Gasteiger partial charge is 0.310 e. The molecule has 18 heavy (non-hydrogen) atoms. The fraction of sp³-hybridized carbons (Fsp3) is 0.357. The van der Waals surface area contributed by atoms with Crippen LogP contribution in [0.4, 0.5) is 4.39 Å². The van der Waals surface area contributed by atoms with E-state index in [0.29, 0.717) is 13.0 Å². The zero-order chi connectivity index (χ0) is 12.8. The van der Waals surface area contributed by atoms with Gasteiger partial charge in [0, 0.05) is 24.1 Å². The van der Waals surface area contributed by atoms with Crippen molar-refractivity contribution in [1.82, 2.24) is 14.9 Å².